The smallest absolute Gasteiger partial charge is 0.416 e. The highest BCUT2D eigenvalue weighted by Gasteiger charge is 2.32. The quantitative estimate of drug-likeness (QED) is 0.171. The van der Waals surface area contributed by atoms with Crippen LogP contribution in [-0.2, 0) is 19.1 Å². The minimum absolute atomic E-state index is 0.0221. The molecule has 246 valence electrons. The second-order valence-corrected chi connectivity index (χ2v) is 11.7. The van der Waals surface area contributed by atoms with Gasteiger partial charge in [0.15, 0.2) is 0 Å². The van der Waals surface area contributed by atoms with Gasteiger partial charge >= 0.3 is 6.18 Å². The van der Waals surface area contributed by atoms with Crippen molar-refractivity contribution in [3.8, 4) is 5.75 Å². The van der Waals surface area contributed by atoms with Gasteiger partial charge in [-0.3, -0.25) is 9.59 Å². The van der Waals surface area contributed by atoms with Gasteiger partial charge in [-0.15, -0.1) is 0 Å². The van der Waals surface area contributed by atoms with Crippen LogP contribution in [0.5, 0.6) is 5.75 Å². The first-order valence-corrected chi connectivity index (χ1v) is 15.6. The highest BCUT2D eigenvalue weighted by molar-refractivity contribution is 6.00. The van der Waals surface area contributed by atoms with Crippen LogP contribution in [0.1, 0.15) is 61.9 Å². The summed E-state index contributed by atoms with van der Waals surface area (Å²) in [5.74, 6) is 0.119. The Kier molecular flexibility index (Phi) is 11.0. The van der Waals surface area contributed by atoms with Crippen molar-refractivity contribution in [2.45, 2.75) is 50.2 Å². The highest BCUT2D eigenvalue weighted by atomic mass is 19.4. The normalized spacial score (nSPS) is 16.0. The van der Waals surface area contributed by atoms with E-state index in [9.17, 15) is 27.9 Å². The number of hydrogen-bond donors (Lipinski definition) is 3. The third-order valence-electron chi connectivity index (χ3n) is 8.40. The summed E-state index contributed by atoms with van der Waals surface area (Å²) >= 11 is 0. The van der Waals surface area contributed by atoms with E-state index in [1.165, 1.54) is 6.07 Å². The fraction of sp³-hybridized carbons (Fsp3) is 0.297. The SMILES string of the molecule is COc1ccc(C2CCCN2C(=O)c2cccc(C(=O)N[C@@H](Cc3ccccc3)[C@H](O)CNCc3cccc(C(F)(F)F)c3)c2)cc1. The molecule has 7 nitrogen and oxygen atoms in total. The predicted octanol–water partition coefficient (Wildman–Crippen LogP) is 6.18. The number of likely N-dealkylation sites (tertiary alicyclic amines) is 1. The fourth-order valence-electron chi connectivity index (χ4n) is 5.91. The van der Waals surface area contributed by atoms with Gasteiger partial charge < -0.3 is 25.4 Å². The summed E-state index contributed by atoms with van der Waals surface area (Å²) in [7, 11) is 1.61. The molecular formula is C37H38F3N3O4. The maximum atomic E-state index is 13.7. The molecule has 0 bridgehead atoms. The molecule has 3 atom stereocenters. The third-order valence-corrected chi connectivity index (χ3v) is 8.40. The number of aliphatic hydroxyl groups excluding tert-OH is 1. The molecule has 1 heterocycles. The molecule has 47 heavy (non-hydrogen) atoms. The molecule has 0 aliphatic carbocycles. The Morgan fingerprint density at radius 1 is 0.915 bits per heavy atom. The highest BCUT2D eigenvalue weighted by Crippen LogP contribution is 2.34. The minimum atomic E-state index is -4.45. The number of benzene rings is 4. The van der Waals surface area contributed by atoms with Gasteiger partial charge in [0.05, 0.1) is 30.9 Å². The van der Waals surface area contributed by atoms with Crippen LogP contribution in [0.15, 0.2) is 103 Å². The lowest BCUT2D eigenvalue weighted by Gasteiger charge is -2.26. The Labute approximate surface area is 272 Å². The maximum absolute atomic E-state index is 13.7. The van der Waals surface area contributed by atoms with E-state index in [1.807, 2.05) is 59.5 Å². The van der Waals surface area contributed by atoms with Crippen molar-refractivity contribution >= 4 is 11.8 Å². The van der Waals surface area contributed by atoms with Crippen molar-refractivity contribution in [3.05, 3.63) is 137 Å². The van der Waals surface area contributed by atoms with Crippen LogP contribution in [-0.4, -0.2) is 54.2 Å². The lowest BCUT2D eigenvalue weighted by molar-refractivity contribution is -0.137. The van der Waals surface area contributed by atoms with Gasteiger partial charge in [-0.2, -0.15) is 13.2 Å². The molecule has 1 aliphatic rings. The van der Waals surface area contributed by atoms with E-state index in [0.717, 1.165) is 41.9 Å². The molecular weight excluding hydrogens is 607 g/mol. The molecule has 0 aromatic heterocycles. The number of methoxy groups -OCH3 is 1. The summed E-state index contributed by atoms with van der Waals surface area (Å²) in [6.45, 7) is 0.726. The number of ether oxygens (including phenoxy) is 1. The van der Waals surface area contributed by atoms with E-state index in [-0.39, 0.29) is 30.6 Å². The number of aliphatic hydroxyl groups is 1. The molecule has 4 aromatic carbocycles. The lowest BCUT2D eigenvalue weighted by atomic mass is 10.00. The summed E-state index contributed by atoms with van der Waals surface area (Å²) in [6.07, 6.45) is -3.50. The third kappa shape index (κ3) is 8.78. The Morgan fingerprint density at radius 3 is 2.34 bits per heavy atom. The Bertz CT molecular complexity index is 1650. The summed E-state index contributed by atoms with van der Waals surface area (Å²) in [5, 5.41) is 17.1. The zero-order valence-corrected chi connectivity index (χ0v) is 26.0. The Balaban J connectivity index is 1.27. The topological polar surface area (TPSA) is 90.9 Å². The van der Waals surface area contributed by atoms with Crippen LogP contribution in [0.25, 0.3) is 0 Å². The second-order valence-electron chi connectivity index (χ2n) is 11.7. The van der Waals surface area contributed by atoms with Crippen LogP contribution in [0.4, 0.5) is 13.2 Å². The number of nitrogens with one attached hydrogen (secondary N) is 2. The lowest BCUT2D eigenvalue weighted by Crippen LogP contribution is -2.48. The van der Waals surface area contributed by atoms with E-state index in [4.69, 9.17) is 4.74 Å². The van der Waals surface area contributed by atoms with Crippen molar-refractivity contribution in [1.29, 1.82) is 0 Å². The van der Waals surface area contributed by atoms with Gasteiger partial charge in [0.1, 0.15) is 5.75 Å². The molecule has 0 radical (unpaired) electrons. The average Bonchev–Trinajstić information content (AvgIpc) is 3.58. The number of carbonyl (C=O) groups is 2. The van der Waals surface area contributed by atoms with Gasteiger partial charge in [-0.25, -0.2) is 0 Å². The van der Waals surface area contributed by atoms with Crippen molar-refractivity contribution in [2.75, 3.05) is 20.2 Å². The standard InChI is InChI=1S/C37H38F3N3O4/c1-47-31-17-15-27(16-18-31)33-14-7-19-43(33)36(46)29-12-6-11-28(22-29)35(45)42-32(21-25-8-3-2-4-9-25)34(44)24-41-23-26-10-5-13-30(20-26)37(38,39)40/h2-6,8-13,15-18,20,22,32-34,41,44H,7,14,19,21,23-24H2,1H3,(H,42,45)/t32-,33?,34+/m0/s1. The number of carbonyl (C=O) groups excluding carboxylic acids is 2. The summed E-state index contributed by atoms with van der Waals surface area (Å²) in [4.78, 5) is 29.0. The van der Waals surface area contributed by atoms with E-state index in [0.29, 0.717) is 24.1 Å². The van der Waals surface area contributed by atoms with Crippen molar-refractivity contribution in [1.82, 2.24) is 15.5 Å². The number of rotatable bonds is 12. The van der Waals surface area contributed by atoms with Crippen molar-refractivity contribution in [3.63, 3.8) is 0 Å². The van der Waals surface area contributed by atoms with E-state index >= 15 is 0 Å². The number of halogens is 3. The maximum Gasteiger partial charge on any atom is 0.416 e. The molecule has 1 unspecified atom stereocenters. The fourth-order valence-corrected chi connectivity index (χ4v) is 5.91. The minimum Gasteiger partial charge on any atom is -0.497 e. The molecule has 0 spiro atoms. The Morgan fingerprint density at radius 2 is 1.62 bits per heavy atom. The predicted molar refractivity (Wildman–Crippen MR) is 173 cm³/mol. The molecule has 5 rings (SSSR count). The number of nitrogens with zero attached hydrogens (tertiary/aromatic N) is 1. The molecule has 1 saturated heterocycles. The average molecular weight is 646 g/mol. The molecule has 3 N–H and O–H groups in total. The molecule has 0 saturated carbocycles. The molecule has 1 fully saturated rings. The van der Waals surface area contributed by atoms with Gasteiger partial charge in [-0.05, 0) is 72.4 Å². The molecule has 1 aliphatic heterocycles. The van der Waals surface area contributed by atoms with Gasteiger partial charge in [0.25, 0.3) is 11.8 Å². The molecule has 10 heteroatoms. The molecule has 2 amide bonds. The largest absolute Gasteiger partial charge is 0.497 e. The van der Waals surface area contributed by atoms with Crippen molar-refractivity contribution < 1.29 is 32.6 Å². The monoisotopic (exact) mass is 645 g/mol. The van der Waals surface area contributed by atoms with Gasteiger partial charge in [0, 0.05) is 30.8 Å². The van der Waals surface area contributed by atoms with Crippen LogP contribution >= 0.6 is 0 Å². The van der Waals surface area contributed by atoms with Crippen LogP contribution < -0.4 is 15.4 Å². The zero-order valence-electron chi connectivity index (χ0n) is 26.0. The van der Waals surface area contributed by atoms with Crippen molar-refractivity contribution in [2.24, 2.45) is 0 Å². The second kappa shape index (κ2) is 15.3. The van der Waals surface area contributed by atoms with Crippen LogP contribution in [0, 0.1) is 0 Å². The van der Waals surface area contributed by atoms with Gasteiger partial charge in [0.2, 0.25) is 0 Å². The summed E-state index contributed by atoms with van der Waals surface area (Å²) in [5.41, 5.74) is 2.25. The first-order chi connectivity index (χ1) is 22.6. The van der Waals surface area contributed by atoms with Crippen LogP contribution in [0.2, 0.25) is 0 Å². The van der Waals surface area contributed by atoms with E-state index in [2.05, 4.69) is 10.6 Å². The number of amides is 2. The van der Waals surface area contributed by atoms with E-state index < -0.39 is 29.8 Å². The first-order valence-electron chi connectivity index (χ1n) is 15.6. The van der Waals surface area contributed by atoms with Crippen LogP contribution in [0.3, 0.4) is 0 Å². The molecule has 4 aromatic rings. The summed E-state index contributed by atoms with van der Waals surface area (Å²) in [6, 6.07) is 27.8. The summed E-state index contributed by atoms with van der Waals surface area (Å²) < 4.78 is 44.6. The first kappa shape index (κ1) is 33.7. The number of hydrogen-bond acceptors (Lipinski definition) is 5. The van der Waals surface area contributed by atoms with E-state index in [1.54, 1.807) is 37.4 Å². The Hall–Kier alpha value is -4.67. The zero-order chi connectivity index (χ0) is 33.4. The number of alkyl halides is 3. The van der Waals surface area contributed by atoms with Gasteiger partial charge in [-0.1, -0.05) is 66.7 Å².